The van der Waals surface area contributed by atoms with Crippen molar-refractivity contribution in [1.82, 2.24) is 4.57 Å². The van der Waals surface area contributed by atoms with Gasteiger partial charge in [-0.1, -0.05) is 6.07 Å². The van der Waals surface area contributed by atoms with Crippen LogP contribution in [0.1, 0.15) is 25.7 Å². The van der Waals surface area contributed by atoms with E-state index in [1.807, 2.05) is 11.4 Å². The van der Waals surface area contributed by atoms with Crippen LogP contribution in [0, 0.1) is 0 Å². The van der Waals surface area contributed by atoms with Gasteiger partial charge >= 0.3 is 0 Å². The first-order valence-corrected chi connectivity index (χ1v) is 5.30. The molecule has 15 heavy (non-hydrogen) atoms. The Morgan fingerprint density at radius 1 is 1.53 bits per heavy atom. The van der Waals surface area contributed by atoms with Crippen LogP contribution in [0.15, 0.2) is 29.8 Å². The van der Waals surface area contributed by atoms with Gasteiger partial charge in [0.2, 0.25) is 5.78 Å². The predicted octanol–water partition coefficient (Wildman–Crippen LogP) is 2.13. The van der Waals surface area contributed by atoms with Crippen LogP contribution in [0.3, 0.4) is 0 Å². The minimum Gasteiger partial charge on any atom is -0.348 e. The highest BCUT2D eigenvalue weighted by Crippen LogP contribution is 2.16. The lowest BCUT2D eigenvalue weighted by Gasteiger charge is -1.91. The largest absolute Gasteiger partial charge is 0.348 e. The number of ketones is 1. The fourth-order valence-electron chi connectivity index (χ4n) is 1.37. The first-order valence-electron chi connectivity index (χ1n) is 4.42. The molecule has 0 aliphatic carbocycles. The number of aldehydes is 1. The molecule has 0 aliphatic heterocycles. The number of rotatable bonds is 3. The molecule has 3 nitrogen and oxygen atoms in total. The van der Waals surface area contributed by atoms with Gasteiger partial charge in [-0.3, -0.25) is 9.59 Å². The number of hydrogen-bond acceptors (Lipinski definition) is 3. The molecule has 0 N–H and O–H groups in total. The summed E-state index contributed by atoms with van der Waals surface area (Å²) >= 11 is 1.40. The molecule has 0 saturated carbocycles. The summed E-state index contributed by atoms with van der Waals surface area (Å²) in [5, 5.41) is 1.86. The molecule has 0 spiro atoms. The van der Waals surface area contributed by atoms with Gasteiger partial charge in [-0.15, -0.1) is 11.3 Å². The van der Waals surface area contributed by atoms with Gasteiger partial charge in [0.15, 0.2) is 6.29 Å². The van der Waals surface area contributed by atoms with Crippen LogP contribution in [0.25, 0.3) is 0 Å². The number of aryl methyl sites for hydroxylation is 1. The van der Waals surface area contributed by atoms with Crippen molar-refractivity contribution in [3.8, 4) is 0 Å². The third-order valence-electron chi connectivity index (χ3n) is 2.17. The van der Waals surface area contributed by atoms with Gasteiger partial charge in [0.05, 0.1) is 10.6 Å². The van der Waals surface area contributed by atoms with E-state index in [0.717, 1.165) is 6.29 Å². The van der Waals surface area contributed by atoms with Crippen LogP contribution in [0.4, 0.5) is 0 Å². The third kappa shape index (κ3) is 1.76. The standard InChI is InChI=1S/C11H9NO2S/c1-12-6-8(5-9(12)7-13)11(14)10-3-2-4-15-10/h2-7H,1H3. The van der Waals surface area contributed by atoms with Crippen molar-refractivity contribution in [2.45, 2.75) is 0 Å². The molecule has 2 aromatic heterocycles. The first kappa shape index (κ1) is 9.86. The zero-order valence-electron chi connectivity index (χ0n) is 8.14. The van der Waals surface area contributed by atoms with Gasteiger partial charge in [0.1, 0.15) is 0 Å². The molecular weight excluding hydrogens is 210 g/mol. The lowest BCUT2D eigenvalue weighted by atomic mass is 10.2. The number of nitrogens with zero attached hydrogens (tertiary/aromatic N) is 1. The van der Waals surface area contributed by atoms with E-state index in [1.54, 1.807) is 29.9 Å². The van der Waals surface area contributed by atoms with Gasteiger partial charge in [-0.2, -0.15) is 0 Å². The summed E-state index contributed by atoms with van der Waals surface area (Å²) in [5.41, 5.74) is 1.07. The minimum absolute atomic E-state index is 0.0336. The second kappa shape index (κ2) is 3.82. The Morgan fingerprint density at radius 2 is 2.33 bits per heavy atom. The van der Waals surface area contributed by atoms with E-state index in [-0.39, 0.29) is 5.78 Å². The van der Waals surface area contributed by atoms with Crippen molar-refractivity contribution in [2.75, 3.05) is 0 Å². The van der Waals surface area contributed by atoms with Crippen molar-refractivity contribution in [1.29, 1.82) is 0 Å². The Balaban J connectivity index is 2.38. The maximum atomic E-state index is 11.9. The van der Waals surface area contributed by atoms with E-state index in [4.69, 9.17) is 0 Å². The molecule has 2 rings (SSSR count). The minimum atomic E-state index is -0.0336. The zero-order chi connectivity index (χ0) is 10.8. The third-order valence-corrected chi connectivity index (χ3v) is 3.04. The Bertz CT molecular complexity index is 497. The quantitative estimate of drug-likeness (QED) is 0.586. The Kier molecular flexibility index (Phi) is 2.51. The lowest BCUT2D eigenvalue weighted by molar-refractivity contribution is 0.104. The average Bonchev–Trinajstić information content (AvgIpc) is 2.85. The second-order valence-corrected chi connectivity index (χ2v) is 4.14. The van der Waals surface area contributed by atoms with Gasteiger partial charge in [-0.05, 0) is 17.5 Å². The molecule has 2 aromatic rings. The van der Waals surface area contributed by atoms with Crippen molar-refractivity contribution in [3.63, 3.8) is 0 Å². The summed E-state index contributed by atoms with van der Waals surface area (Å²) in [6.45, 7) is 0. The van der Waals surface area contributed by atoms with Crippen molar-refractivity contribution in [2.24, 2.45) is 7.05 Å². The topological polar surface area (TPSA) is 39.1 Å². The summed E-state index contributed by atoms with van der Waals surface area (Å²) in [5.74, 6) is -0.0336. The molecule has 0 aromatic carbocycles. The second-order valence-electron chi connectivity index (χ2n) is 3.19. The smallest absolute Gasteiger partial charge is 0.204 e. The Morgan fingerprint density at radius 3 is 2.87 bits per heavy atom. The number of carbonyl (C=O) groups is 2. The SMILES string of the molecule is Cn1cc(C(=O)c2cccs2)cc1C=O. The molecule has 0 atom stereocenters. The summed E-state index contributed by atoms with van der Waals surface area (Å²) in [4.78, 5) is 23.2. The van der Waals surface area contributed by atoms with Crippen LogP contribution in [0.2, 0.25) is 0 Å². The van der Waals surface area contributed by atoms with Gasteiger partial charge < -0.3 is 4.57 Å². The van der Waals surface area contributed by atoms with Crippen molar-refractivity contribution in [3.05, 3.63) is 45.9 Å². The van der Waals surface area contributed by atoms with Crippen LogP contribution in [-0.4, -0.2) is 16.6 Å². The molecule has 0 fully saturated rings. The van der Waals surface area contributed by atoms with E-state index in [9.17, 15) is 9.59 Å². The highest BCUT2D eigenvalue weighted by atomic mass is 32.1. The number of carbonyl (C=O) groups excluding carboxylic acids is 2. The molecule has 0 aliphatic rings. The summed E-state index contributed by atoms with van der Waals surface area (Å²) in [6, 6.07) is 5.22. The highest BCUT2D eigenvalue weighted by molar-refractivity contribution is 7.12. The fourth-order valence-corrected chi connectivity index (χ4v) is 2.06. The molecule has 4 heteroatoms. The van der Waals surface area contributed by atoms with Gasteiger partial charge in [-0.25, -0.2) is 0 Å². The van der Waals surface area contributed by atoms with E-state index >= 15 is 0 Å². The van der Waals surface area contributed by atoms with Crippen LogP contribution in [-0.2, 0) is 7.05 Å². The first-order chi connectivity index (χ1) is 7.22. The number of hydrogen-bond donors (Lipinski definition) is 0. The molecule has 0 saturated heterocycles. The highest BCUT2D eigenvalue weighted by Gasteiger charge is 2.13. The molecule has 0 bridgehead atoms. The summed E-state index contributed by atoms with van der Waals surface area (Å²) in [6.07, 6.45) is 2.41. The number of aromatic nitrogens is 1. The van der Waals surface area contributed by atoms with Crippen molar-refractivity contribution < 1.29 is 9.59 Å². The van der Waals surface area contributed by atoms with Crippen LogP contribution in [0.5, 0.6) is 0 Å². The maximum absolute atomic E-state index is 11.9. The van der Waals surface area contributed by atoms with E-state index in [0.29, 0.717) is 16.1 Å². The van der Waals surface area contributed by atoms with Crippen molar-refractivity contribution >= 4 is 23.4 Å². The molecule has 0 unspecified atom stereocenters. The number of thiophene rings is 1. The Labute approximate surface area is 91.0 Å². The van der Waals surface area contributed by atoms with Gasteiger partial charge in [0.25, 0.3) is 0 Å². The zero-order valence-corrected chi connectivity index (χ0v) is 8.95. The summed E-state index contributed by atoms with van der Waals surface area (Å²) in [7, 11) is 1.74. The van der Waals surface area contributed by atoms with E-state index in [1.165, 1.54) is 11.3 Å². The fraction of sp³-hybridized carbons (Fsp3) is 0.0909. The normalized spacial score (nSPS) is 10.2. The predicted molar refractivity (Wildman–Crippen MR) is 58.6 cm³/mol. The molecule has 76 valence electrons. The maximum Gasteiger partial charge on any atom is 0.204 e. The lowest BCUT2D eigenvalue weighted by Crippen LogP contribution is -1.96. The van der Waals surface area contributed by atoms with E-state index in [2.05, 4.69) is 0 Å². The van der Waals surface area contributed by atoms with E-state index < -0.39 is 0 Å². The van der Waals surface area contributed by atoms with Crippen LogP contribution >= 0.6 is 11.3 Å². The van der Waals surface area contributed by atoms with Crippen LogP contribution < -0.4 is 0 Å². The molecular formula is C11H9NO2S. The van der Waals surface area contributed by atoms with Gasteiger partial charge in [0, 0.05) is 18.8 Å². The monoisotopic (exact) mass is 219 g/mol. The Hall–Kier alpha value is -1.68. The molecule has 0 amide bonds. The average molecular weight is 219 g/mol. The molecule has 0 radical (unpaired) electrons. The summed E-state index contributed by atoms with van der Waals surface area (Å²) < 4.78 is 1.65. The molecule has 2 heterocycles.